The fourth-order valence-electron chi connectivity index (χ4n) is 2.89. The topological polar surface area (TPSA) is 111 Å². The zero-order valence-corrected chi connectivity index (χ0v) is 14.2. The van der Waals surface area contributed by atoms with Gasteiger partial charge in [0.2, 0.25) is 11.8 Å². The second kappa shape index (κ2) is 7.65. The van der Waals surface area contributed by atoms with Gasteiger partial charge in [-0.3, -0.25) is 9.59 Å². The quantitative estimate of drug-likeness (QED) is 0.634. The molecule has 0 fully saturated rings. The third-order valence-electron chi connectivity index (χ3n) is 4.22. The number of anilines is 1. The molecule has 3 aromatic rings. The second-order valence-electron chi connectivity index (χ2n) is 6.05. The molecule has 0 saturated carbocycles. The number of carbonyl (C=O) groups is 2. The van der Waals surface area contributed by atoms with E-state index in [0.29, 0.717) is 24.3 Å². The smallest absolute Gasteiger partial charge is 0.249 e. The van der Waals surface area contributed by atoms with E-state index < -0.39 is 5.91 Å². The van der Waals surface area contributed by atoms with Crippen molar-refractivity contribution in [2.45, 2.75) is 19.4 Å². The molecule has 3 rings (SSSR count). The maximum atomic E-state index is 12.1. The summed E-state index contributed by atoms with van der Waals surface area (Å²) >= 11 is 0. The van der Waals surface area contributed by atoms with Crippen LogP contribution in [0.25, 0.3) is 10.8 Å². The lowest BCUT2D eigenvalue weighted by Gasteiger charge is -2.11. The molecule has 0 saturated heterocycles. The van der Waals surface area contributed by atoms with Crippen molar-refractivity contribution >= 4 is 28.4 Å². The van der Waals surface area contributed by atoms with Crippen molar-refractivity contribution in [3.05, 3.63) is 71.4 Å². The Morgan fingerprint density at radius 2 is 1.85 bits per heavy atom. The molecule has 0 atom stereocenters. The van der Waals surface area contributed by atoms with Gasteiger partial charge in [-0.05, 0) is 34.4 Å². The van der Waals surface area contributed by atoms with Crippen LogP contribution in [0.5, 0.6) is 0 Å². The van der Waals surface area contributed by atoms with Gasteiger partial charge < -0.3 is 16.8 Å². The first-order valence-electron chi connectivity index (χ1n) is 8.32. The van der Waals surface area contributed by atoms with Gasteiger partial charge in [0, 0.05) is 19.2 Å². The zero-order valence-electron chi connectivity index (χ0n) is 14.2. The van der Waals surface area contributed by atoms with Crippen molar-refractivity contribution in [1.82, 2.24) is 10.3 Å². The van der Waals surface area contributed by atoms with Crippen LogP contribution in [-0.4, -0.2) is 16.8 Å². The fraction of sp³-hybridized carbons (Fsp3) is 0.150. The first-order chi connectivity index (χ1) is 12.5. The van der Waals surface area contributed by atoms with Crippen molar-refractivity contribution in [1.29, 1.82) is 0 Å². The largest absolute Gasteiger partial charge is 0.384 e. The molecule has 132 valence electrons. The Bertz CT molecular complexity index is 952. The average molecular weight is 348 g/mol. The van der Waals surface area contributed by atoms with E-state index in [0.717, 1.165) is 21.9 Å². The van der Waals surface area contributed by atoms with Crippen LogP contribution in [0.15, 0.2) is 54.7 Å². The highest BCUT2D eigenvalue weighted by Gasteiger charge is 2.13. The molecule has 5 N–H and O–H groups in total. The predicted molar refractivity (Wildman–Crippen MR) is 101 cm³/mol. The monoisotopic (exact) mass is 348 g/mol. The van der Waals surface area contributed by atoms with Crippen LogP contribution in [0.4, 0.5) is 5.82 Å². The molecule has 2 aromatic carbocycles. The van der Waals surface area contributed by atoms with Gasteiger partial charge in [0.1, 0.15) is 5.82 Å². The van der Waals surface area contributed by atoms with E-state index in [2.05, 4.69) is 10.3 Å². The Kier molecular flexibility index (Phi) is 5.12. The molecule has 26 heavy (non-hydrogen) atoms. The summed E-state index contributed by atoms with van der Waals surface area (Å²) in [7, 11) is 0. The van der Waals surface area contributed by atoms with Crippen LogP contribution in [0.1, 0.15) is 27.9 Å². The number of primary amides is 1. The minimum atomic E-state index is -0.481. The second-order valence-corrected chi connectivity index (χ2v) is 6.05. The SMILES string of the molecule is NC(=O)c1c(CCC(=O)NCc2ccc(N)nc2)ccc2ccccc12. The molecular formula is C20H20N4O2. The lowest BCUT2D eigenvalue weighted by atomic mass is 9.95. The van der Waals surface area contributed by atoms with Crippen molar-refractivity contribution < 1.29 is 9.59 Å². The molecule has 0 aliphatic rings. The first-order valence-corrected chi connectivity index (χ1v) is 8.32. The van der Waals surface area contributed by atoms with Gasteiger partial charge in [0.15, 0.2) is 0 Å². The maximum Gasteiger partial charge on any atom is 0.249 e. The Hall–Kier alpha value is -3.41. The molecule has 2 amide bonds. The van der Waals surface area contributed by atoms with Crippen molar-refractivity contribution in [2.75, 3.05) is 5.73 Å². The number of nitrogen functional groups attached to an aromatic ring is 1. The number of pyridine rings is 1. The number of nitrogens with two attached hydrogens (primary N) is 2. The Morgan fingerprint density at radius 3 is 2.58 bits per heavy atom. The van der Waals surface area contributed by atoms with E-state index in [1.165, 1.54) is 0 Å². The standard InChI is InChI=1S/C20H20N4O2/c21-17-9-5-13(11-23-17)12-24-18(25)10-8-15-7-6-14-3-1-2-4-16(14)19(15)20(22)26/h1-7,9,11H,8,10,12H2,(H2,21,23)(H2,22,26)(H,24,25). The summed E-state index contributed by atoms with van der Waals surface area (Å²) in [6, 6.07) is 14.9. The van der Waals surface area contributed by atoms with E-state index in [1.807, 2.05) is 42.5 Å². The molecule has 6 heteroatoms. The number of rotatable bonds is 6. The van der Waals surface area contributed by atoms with Gasteiger partial charge in [-0.2, -0.15) is 0 Å². The van der Waals surface area contributed by atoms with Gasteiger partial charge in [0.05, 0.1) is 5.56 Å². The fourth-order valence-corrected chi connectivity index (χ4v) is 2.89. The van der Waals surface area contributed by atoms with Crippen LogP contribution in [-0.2, 0) is 17.8 Å². The molecule has 0 aliphatic carbocycles. The van der Waals surface area contributed by atoms with Crippen LogP contribution in [0.3, 0.4) is 0 Å². The van der Waals surface area contributed by atoms with Crippen molar-refractivity contribution in [3.63, 3.8) is 0 Å². The Balaban J connectivity index is 1.67. The normalized spacial score (nSPS) is 10.6. The van der Waals surface area contributed by atoms with Crippen LogP contribution >= 0.6 is 0 Å². The minimum Gasteiger partial charge on any atom is -0.384 e. The number of nitrogens with one attached hydrogen (secondary N) is 1. The van der Waals surface area contributed by atoms with E-state index in [1.54, 1.807) is 12.3 Å². The summed E-state index contributed by atoms with van der Waals surface area (Å²) in [6.45, 7) is 0.381. The highest BCUT2D eigenvalue weighted by Crippen LogP contribution is 2.23. The Morgan fingerprint density at radius 1 is 1.04 bits per heavy atom. The van der Waals surface area contributed by atoms with Crippen LogP contribution in [0.2, 0.25) is 0 Å². The molecular weight excluding hydrogens is 328 g/mol. The maximum absolute atomic E-state index is 12.1. The van der Waals surface area contributed by atoms with Gasteiger partial charge in [-0.25, -0.2) is 4.98 Å². The average Bonchev–Trinajstić information content (AvgIpc) is 2.65. The molecule has 1 aromatic heterocycles. The molecule has 1 heterocycles. The van der Waals surface area contributed by atoms with Gasteiger partial charge in [0.25, 0.3) is 0 Å². The van der Waals surface area contributed by atoms with Gasteiger partial charge >= 0.3 is 0 Å². The van der Waals surface area contributed by atoms with Crippen LogP contribution in [0, 0.1) is 0 Å². The van der Waals surface area contributed by atoms with E-state index in [9.17, 15) is 9.59 Å². The third kappa shape index (κ3) is 3.97. The molecule has 0 spiro atoms. The van der Waals surface area contributed by atoms with E-state index >= 15 is 0 Å². The third-order valence-corrected chi connectivity index (χ3v) is 4.22. The molecule has 0 aliphatic heterocycles. The number of aromatic nitrogens is 1. The van der Waals surface area contributed by atoms with E-state index in [-0.39, 0.29) is 12.3 Å². The first kappa shape index (κ1) is 17.4. The zero-order chi connectivity index (χ0) is 18.5. The van der Waals surface area contributed by atoms with Crippen molar-refractivity contribution in [3.8, 4) is 0 Å². The highest BCUT2D eigenvalue weighted by molar-refractivity contribution is 6.07. The van der Waals surface area contributed by atoms with Crippen molar-refractivity contribution in [2.24, 2.45) is 5.73 Å². The van der Waals surface area contributed by atoms with E-state index in [4.69, 9.17) is 11.5 Å². The number of nitrogens with zero attached hydrogens (tertiary/aromatic N) is 1. The predicted octanol–water partition coefficient (Wildman–Crippen LogP) is 2.16. The number of carbonyl (C=O) groups excluding carboxylic acids is 2. The molecule has 0 radical (unpaired) electrons. The lowest BCUT2D eigenvalue weighted by Crippen LogP contribution is -2.23. The Labute approximate surface area is 151 Å². The summed E-state index contributed by atoms with van der Waals surface area (Å²) in [5, 5.41) is 4.60. The summed E-state index contributed by atoms with van der Waals surface area (Å²) < 4.78 is 0. The molecule has 0 unspecified atom stereocenters. The molecule has 6 nitrogen and oxygen atoms in total. The van der Waals surface area contributed by atoms with Gasteiger partial charge in [-0.15, -0.1) is 0 Å². The number of aryl methyl sites for hydroxylation is 1. The highest BCUT2D eigenvalue weighted by atomic mass is 16.1. The van der Waals surface area contributed by atoms with Gasteiger partial charge in [-0.1, -0.05) is 42.5 Å². The number of fused-ring (bicyclic) bond motifs is 1. The summed E-state index contributed by atoms with van der Waals surface area (Å²) in [5.74, 6) is -0.147. The molecule has 0 bridgehead atoms. The summed E-state index contributed by atoms with van der Waals surface area (Å²) in [4.78, 5) is 28.0. The minimum absolute atomic E-state index is 0.106. The number of amides is 2. The number of hydrogen-bond donors (Lipinski definition) is 3. The summed E-state index contributed by atoms with van der Waals surface area (Å²) in [5.41, 5.74) is 13.2. The summed E-state index contributed by atoms with van der Waals surface area (Å²) in [6.07, 6.45) is 2.33. The lowest BCUT2D eigenvalue weighted by molar-refractivity contribution is -0.121. The number of hydrogen-bond acceptors (Lipinski definition) is 4. The van der Waals surface area contributed by atoms with Crippen LogP contribution < -0.4 is 16.8 Å². The number of benzene rings is 2.